The molecule has 7 nitrogen and oxygen atoms in total. The Kier molecular flexibility index (Phi) is 10.7. The maximum absolute atomic E-state index is 14.1. The Morgan fingerprint density at radius 1 is 0.854 bits per heavy atom. The second-order valence-corrected chi connectivity index (χ2v) is 13.5. The molecule has 0 bridgehead atoms. The largest absolute Gasteiger partial charge is 0.352 e. The van der Waals surface area contributed by atoms with E-state index in [1.165, 1.54) is 4.90 Å². The number of nitrogens with one attached hydrogen (secondary N) is 1. The highest BCUT2D eigenvalue weighted by Crippen LogP contribution is 2.26. The molecule has 0 heterocycles. The van der Waals surface area contributed by atoms with Crippen LogP contribution >= 0.6 is 0 Å². The van der Waals surface area contributed by atoms with E-state index in [1.54, 1.807) is 12.1 Å². The van der Waals surface area contributed by atoms with Gasteiger partial charge in [0.2, 0.25) is 21.8 Å². The van der Waals surface area contributed by atoms with Gasteiger partial charge in [0.05, 0.1) is 11.9 Å². The standard InChI is InChI=1S/C33H43N3O4S/c1-7-25(2)34-32(38)30(22-26-14-10-8-11-15-26)35(23-27-16-12-9-13-17-27)31(37)24-36(41(6,39)40)29-20-18-28(19-21-29)33(3,4)5/h8-21,25,30H,7,22-24H2,1-6H3,(H,34,38)/t25-,30+/m0/s1. The minimum atomic E-state index is -3.81. The fourth-order valence-corrected chi connectivity index (χ4v) is 5.37. The van der Waals surface area contributed by atoms with Crippen molar-refractivity contribution in [1.82, 2.24) is 10.2 Å². The van der Waals surface area contributed by atoms with Crippen LogP contribution in [0.5, 0.6) is 0 Å². The molecular weight excluding hydrogens is 534 g/mol. The van der Waals surface area contributed by atoms with Crippen LogP contribution in [0.25, 0.3) is 0 Å². The zero-order valence-corrected chi connectivity index (χ0v) is 25.8. The van der Waals surface area contributed by atoms with Gasteiger partial charge in [0.15, 0.2) is 0 Å². The molecule has 0 radical (unpaired) electrons. The predicted octanol–water partition coefficient (Wildman–Crippen LogP) is 5.30. The van der Waals surface area contributed by atoms with E-state index < -0.39 is 28.5 Å². The number of nitrogens with zero attached hydrogens (tertiary/aromatic N) is 2. The van der Waals surface area contributed by atoms with Crippen LogP contribution in [0, 0.1) is 0 Å². The van der Waals surface area contributed by atoms with E-state index in [9.17, 15) is 18.0 Å². The van der Waals surface area contributed by atoms with Gasteiger partial charge in [-0.25, -0.2) is 8.42 Å². The zero-order chi connectivity index (χ0) is 30.2. The van der Waals surface area contributed by atoms with Crippen molar-refractivity contribution in [3.63, 3.8) is 0 Å². The molecule has 3 aromatic rings. The average molecular weight is 578 g/mol. The van der Waals surface area contributed by atoms with Crippen LogP contribution in [0.2, 0.25) is 0 Å². The van der Waals surface area contributed by atoms with Gasteiger partial charge in [-0.15, -0.1) is 0 Å². The number of benzene rings is 3. The van der Waals surface area contributed by atoms with E-state index in [0.29, 0.717) is 12.1 Å². The number of hydrogen-bond donors (Lipinski definition) is 1. The number of hydrogen-bond acceptors (Lipinski definition) is 4. The summed E-state index contributed by atoms with van der Waals surface area (Å²) in [6, 6.07) is 25.3. The molecule has 0 aliphatic rings. The molecule has 8 heteroatoms. The molecular formula is C33H43N3O4S. The van der Waals surface area contributed by atoms with Crippen molar-refractivity contribution in [2.24, 2.45) is 0 Å². The van der Waals surface area contributed by atoms with E-state index in [4.69, 9.17) is 0 Å². The van der Waals surface area contributed by atoms with E-state index in [2.05, 4.69) is 26.1 Å². The summed E-state index contributed by atoms with van der Waals surface area (Å²) in [6.45, 7) is 9.89. The highest BCUT2D eigenvalue weighted by atomic mass is 32.2. The van der Waals surface area contributed by atoms with Crippen molar-refractivity contribution < 1.29 is 18.0 Å². The van der Waals surface area contributed by atoms with Crippen LogP contribution in [0.1, 0.15) is 57.7 Å². The zero-order valence-electron chi connectivity index (χ0n) is 25.0. The number of sulfonamides is 1. The van der Waals surface area contributed by atoms with Crippen molar-refractivity contribution in [2.75, 3.05) is 17.1 Å². The van der Waals surface area contributed by atoms with Gasteiger partial charge in [-0.1, -0.05) is 100 Å². The van der Waals surface area contributed by atoms with Gasteiger partial charge in [0.1, 0.15) is 12.6 Å². The lowest BCUT2D eigenvalue weighted by molar-refractivity contribution is -0.140. The van der Waals surface area contributed by atoms with Crippen LogP contribution < -0.4 is 9.62 Å². The van der Waals surface area contributed by atoms with Gasteiger partial charge >= 0.3 is 0 Å². The minimum Gasteiger partial charge on any atom is -0.352 e. The van der Waals surface area contributed by atoms with Gasteiger partial charge in [0, 0.05) is 19.0 Å². The first kappa shape index (κ1) is 31.9. The van der Waals surface area contributed by atoms with Crippen LogP contribution in [0.3, 0.4) is 0 Å². The average Bonchev–Trinajstić information content (AvgIpc) is 2.93. The van der Waals surface area contributed by atoms with Crippen molar-refractivity contribution in [2.45, 2.75) is 71.5 Å². The minimum absolute atomic E-state index is 0.0803. The lowest BCUT2D eigenvalue weighted by Crippen LogP contribution is -2.54. The first-order chi connectivity index (χ1) is 19.3. The molecule has 0 aliphatic heterocycles. The Hall–Kier alpha value is -3.65. The number of carbonyl (C=O) groups excluding carboxylic acids is 2. The van der Waals surface area contributed by atoms with E-state index >= 15 is 0 Å². The summed E-state index contributed by atoms with van der Waals surface area (Å²) in [5.74, 6) is -0.729. The summed E-state index contributed by atoms with van der Waals surface area (Å²) >= 11 is 0. The molecule has 0 saturated heterocycles. The Morgan fingerprint density at radius 3 is 1.88 bits per heavy atom. The quantitative estimate of drug-likeness (QED) is 0.316. The summed E-state index contributed by atoms with van der Waals surface area (Å²) in [6.07, 6.45) is 2.13. The molecule has 0 aliphatic carbocycles. The first-order valence-corrected chi connectivity index (χ1v) is 15.9. The second kappa shape index (κ2) is 13.8. The molecule has 220 valence electrons. The Morgan fingerprint density at radius 2 is 1.39 bits per heavy atom. The number of amides is 2. The first-order valence-electron chi connectivity index (χ1n) is 14.1. The fourth-order valence-electron chi connectivity index (χ4n) is 4.52. The normalized spacial score (nSPS) is 13.2. The number of carbonyl (C=O) groups is 2. The van der Waals surface area contributed by atoms with Crippen LogP contribution in [0.15, 0.2) is 84.9 Å². The molecule has 3 aromatic carbocycles. The lowest BCUT2D eigenvalue weighted by Gasteiger charge is -2.34. The molecule has 0 saturated carbocycles. The van der Waals surface area contributed by atoms with Crippen molar-refractivity contribution in [3.05, 3.63) is 102 Å². The van der Waals surface area contributed by atoms with Crippen LogP contribution in [-0.2, 0) is 38.0 Å². The Labute approximate surface area is 245 Å². The molecule has 0 fully saturated rings. The Balaban J connectivity index is 2.03. The van der Waals surface area contributed by atoms with E-state index in [-0.39, 0.29) is 23.9 Å². The van der Waals surface area contributed by atoms with Gasteiger partial charge in [-0.3, -0.25) is 13.9 Å². The van der Waals surface area contributed by atoms with E-state index in [0.717, 1.165) is 33.7 Å². The summed E-state index contributed by atoms with van der Waals surface area (Å²) in [7, 11) is -3.81. The summed E-state index contributed by atoms with van der Waals surface area (Å²) in [5, 5.41) is 3.04. The van der Waals surface area contributed by atoms with Crippen molar-refractivity contribution in [1.29, 1.82) is 0 Å². The highest BCUT2D eigenvalue weighted by Gasteiger charge is 2.33. The Bertz CT molecular complexity index is 1390. The fraction of sp³-hybridized carbons (Fsp3) is 0.394. The smallest absolute Gasteiger partial charge is 0.244 e. The molecule has 0 spiro atoms. The number of anilines is 1. The van der Waals surface area contributed by atoms with E-state index in [1.807, 2.05) is 86.6 Å². The van der Waals surface area contributed by atoms with Crippen molar-refractivity contribution >= 4 is 27.5 Å². The summed E-state index contributed by atoms with van der Waals surface area (Å²) in [5.41, 5.74) is 3.09. The summed E-state index contributed by atoms with van der Waals surface area (Å²) < 4.78 is 27.1. The lowest BCUT2D eigenvalue weighted by atomic mass is 9.87. The van der Waals surface area contributed by atoms with Crippen molar-refractivity contribution in [3.8, 4) is 0 Å². The van der Waals surface area contributed by atoms with Gasteiger partial charge in [-0.2, -0.15) is 0 Å². The summed E-state index contributed by atoms with van der Waals surface area (Å²) in [4.78, 5) is 29.4. The number of rotatable bonds is 12. The molecule has 2 atom stereocenters. The topological polar surface area (TPSA) is 86.8 Å². The molecule has 0 unspecified atom stereocenters. The monoisotopic (exact) mass is 577 g/mol. The maximum Gasteiger partial charge on any atom is 0.244 e. The SMILES string of the molecule is CC[C@H](C)NC(=O)[C@@H](Cc1ccccc1)N(Cc1ccccc1)C(=O)CN(c1ccc(C(C)(C)C)cc1)S(C)(=O)=O. The third-order valence-electron chi connectivity index (χ3n) is 7.17. The highest BCUT2D eigenvalue weighted by molar-refractivity contribution is 7.92. The second-order valence-electron chi connectivity index (χ2n) is 11.6. The third kappa shape index (κ3) is 9.18. The maximum atomic E-state index is 14.1. The molecule has 0 aromatic heterocycles. The molecule has 41 heavy (non-hydrogen) atoms. The van der Waals surface area contributed by atoms with Crippen LogP contribution in [-0.4, -0.2) is 50.0 Å². The van der Waals surface area contributed by atoms with Gasteiger partial charge in [-0.05, 0) is 47.6 Å². The van der Waals surface area contributed by atoms with Gasteiger partial charge < -0.3 is 10.2 Å². The molecule has 2 amide bonds. The van der Waals surface area contributed by atoms with Crippen LogP contribution in [0.4, 0.5) is 5.69 Å². The molecule has 1 N–H and O–H groups in total. The third-order valence-corrected chi connectivity index (χ3v) is 8.31. The molecule has 3 rings (SSSR count). The predicted molar refractivity (Wildman–Crippen MR) is 166 cm³/mol. The van der Waals surface area contributed by atoms with Gasteiger partial charge in [0.25, 0.3) is 0 Å².